The molecule has 0 fully saturated rings. The first-order chi connectivity index (χ1) is 7.33. The molecule has 0 atom stereocenters. The molecule has 1 aromatic rings. The highest BCUT2D eigenvalue weighted by Gasteiger charge is 2.19. The van der Waals surface area contributed by atoms with E-state index in [0.29, 0.717) is 0 Å². The highest BCUT2D eigenvalue weighted by molar-refractivity contribution is 7.89. The minimum absolute atomic E-state index is 0.150. The van der Waals surface area contributed by atoms with Crippen molar-refractivity contribution in [2.75, 3.05) is 6.54 Å². The van der Waals surface area contributed by atoms with Gasteiger partial charge in [0.15, 0.2) is 0 Å². The standard InChI is InChI=1S/C10H13ClFNO2S/c1-7(2)6-13-16(14,15)10-5-8(11)3-4-9(10)12/h3-5,7,13H,6H2,1-2H3. The largest absolute Gasteiger partial charge is 0.243 e. The molecule has 3 nitrogen and oxygen atoms in total. The van der Waals surface area contributed by atoms with E-state index >= 15 is 0 Å². The van der Waals surface area contributed by atoms with Crippen LogP contribution in [0, 0.1) is 11.7 Å². The third kappa shape index (κ3) is 3.43. The second-order valence-corrected chi connectivity index (χ2v) is 5.99. The third-order valence-electron chi connectivity index (χ3n) is 1.86. The Balaban J connectivity index is 3.02. The molecule has 0 radical (unpaired) electrons. The van der Waals surface area contributed by atoms with Crippen LogP contribution in [0.4, 0.5) is 4.39 Å². The Morgan fingerprint density at radius 1 is 1.44 bits per heavy atom. The van der Waals surface area contributed by atoms with Crippen molar-refractivity contribution in [1.29, 1.82) is 0 Å². The first-order valence-corrected chi connectivity index (χ1v) is 6.64. The van der Waals surface area contributed by atoms with Crippen molar-refractivity contribution in [3.8, 4) is 0 Å². The van der Waals surface area contributed by atoms with E-state index in [4.69, 9.17) is 11.6 Å². The Kier molecular flexibility index (Phi) is 4.29. The molecule has 0 aliphatic carbocycles. The maximum Gasteiger partial charge on any atom is 0.243 e. The van der Waals surface area contributed by atoms with Crippen LogP contribution in [0.1, 0.15) is 13.8 Å². The van der Waals surface area contributed by atoms with Crippen LogP contribution in [0.15, 0.2) is 23.1 Å². The first kappa shape index (κ1) is 13.4. The highest BCUT2D eigenvalue weighted by Crippen LogP contribution is 2.19. The lowest BCUT2D eigenvalue weighted by atomic mass is 10.2. The third-order valence-corrected chi connectivity index (χ3v) is 3.54. The Bertz CT molecular complexity index is 474. The molecular weight excluding hydrogens is 253 g/mol. The SMILES string of the molecule is CC(C)CNS(=O)(=O)c1cc(Cl)ccc1F. The van der Waals surface area contributed by atoms with Crippen molar-refractivity contribution in [1.82, 2.24) is 4.72 Å². The molecule has 0 heterocycles. The lowest BCUT2D eigenvalue weighted by molar-refractivity contribution is 0.543. The maximum atomic E-state index is 13.3. The van der Waals surface area contributed by atoms with Crippen molar-refractivity contribution < 1.29 is 12.8 Å². The van der Waals surface area contributed by atoms with Gasteiger partial charge in [0.1, 0.15) is 10.7 Å². The zero-order valence-electron chi connectivity index (χ0n) is 9.00. The minimum Gasteiger partial charge on any atom is -0.211 e. The molecule has 0 saturated heterocycles. The summed E-state index contributed by atoms with van der Waals surface area (Å²) in [5.74, 6) is -0.655. The van der Waals surface area contributed by atoms with E-state index < -0.39 is 20.7 Å². The van der Waals surface area contributed by atoms with Crippen molar-refractivity contribution >= 4 is 21.6 Å². The monoisotopic (exact) mass is 265 g/mol. The van der Waals surface area contributed by atoms with Crippen LogP contribution in [0.3, 0.4) is 0 Å². The van der Waals surface area contributed by atoms with Crippen molar-refractivity contribution in [2.24, 2.45) is 5.92 Å². The highest BCUT2D eigenvalue weighted by atomic mass is 35.5. The zero-order chi connectivity index (χ0) is 12.3. The van der Waals surface area contributed by atoms with E-state index in [1.165, 1.54) is 6.07 Å². The van der Waals surface area contributed by atoms with Crippen LogP contribution in [0.25, 0.3) is 0 Å². The van der Waals surface area contributed by atoms with Crippen molar-refractivity contribution in [2.45, 2.75) is 18.7 Å². The van der Waals surface area contributed by atoms with Gasteiger partial charge < -0.3 is 0 Å². The van der Waals surface area contributed by atoms with Crippen LogP contribution < -0.4 is 4.72 Å². The molecule has 1 rings (SSSR count). The quantitative estimate of drug-likeness (QED) is 0.909. The van der Waals surface area contributed by atoms with Gasteiger partial charge in [-0.05, 0) is 24.1 Å². The molecule has 0 saturated carbocycles. The van der Waals surface area contributed by atoms with E-state index in [9.17, 15) is 12.8 Å². The molecule has 0 spiro atoms. The van der Waals surface area contributed by atoms with Crippen LogP contribution >= 0.6 is 11.6 Å². The van der Waals surface area contributed by atoms with Gasteiger partial charge in [0, 0.05) is 11.6 Å². The second-order valence-electron chi connectivity index (χ2n) is 3.82. The zero-order valence-corrected chi connectivity index (χ0v) is 10.6. The van der Waals surface area contributed by atoms with E-state index in [1.54, 1.807) is 0 Å². The van der Waals surface area contributed by atoms with Gasteiger partial charge >= 0.3 is 0 Å². The van der Waals surface area contributed by atoms with Gasteiger partial charge in [-0.3, -0.25) is 0 Å². The molecule has 6 heteroatoms. The summed E-state index contributed by atoms with van der Waals surface area (Å²) in [5, 5.41) is 0.186. The van der Waals surface area contributed by atoms with Crippen molar-refractivity contribution in [3.05, 3.63) is 29.0 Å². The molecule has 16 heavy (non-hydrogen) atoms. The number of hydrogen-bond acceptors (Lipinski definition) is 2. The Morgan fingerprint density at radius 2 is 2.06 bits per heavy atom. The molecule has 1 N–H and O–H groups in total. The van der Waals surface area contributed by atoms with Gasteiger partial charge in [0.25, 0.3) is 0 Å². The van der Waals surface area contributed by atoms with Crippen LogP contribution in [0.2, 0.25) is 5.02 Å². The molecular formula is C10H13ClFNO2S. The van der Waals surface area contributed by atoms with Gasteiger partial charge in [0.2, 0.25) is 10.0 Å². The lowest BCUT2D eigenvalue weighted by Crippen LogP contribution is -2.28. The van der Waals surface area contributed by atoms with Gasteiger partial charge in [0.05, 0.1) is 0 Å². The van der Waals surface area contributed by atoms with Crippen LogP contribution in [-0.2, 0) is 10.0 Å². The van der Waals surface area contributed by atoms with E-state index in [2.05, 4.69) is 4.72 Å². The number of rotatable bonds is 4. The summed E-state index contributed by atoms with van der Waals surface area (Å²) in [4.78, 5) is -0.416. The summed E-state index contributed by atoms with van der Waals surface area (Å²) in [6, 6.07) is 3.43. The molecule has 0 aromatic heterocycles. The second kappa shape index (κ2) is 5.12. The number of benzene rings is 1. The molecule has 1 aromatic carbocycles. The average Bonchev–Trinajstić information content (AvgIpc) is 2.19. The lowest BCUT2D eigenvalue weighted by Gasteiger charge is -2.09. The summed E-state index contributed by atoms with van der Waals surface area (Å²) in [6.45, 7) is 3.97. The molecule has 0 amide bonds. The fourth-order valence-corrected chi connectivity index (χ4v) is 2.59. The normalized spacial score (nSPS) is 12.1. The summed E-state index contributed by atoms with van der Waals surface area (Å²) in [5.41, 5.74) is 0. The molecule has 0 aliphatic heterocycles. The maximum absolute atomic E-state index is 13.3. The van der Waals surface area contributed by atoms with Gasteiger partial charge in [-0.2, -0.15) is 0 Å². The van der Waals surface area contributed by atoms with Gasteiger partial charge in [-0.1, -0.05) is 25.4 Å². The molecule has 0 aliphatic rings. The average molecular weight is 266 g/mol. The summed E-state index contributed by atoms with van der Waals surface area (Å²) in [6.07, 6.45) is 0. The summed E-state index contributed by atoms with van der Waals surface area (Å²) < 4.78 is 39.0. The van der Waals surface area contributed by atoms with Gasteiger partial charge in [-0.25, -0.2) is 17.5 Å². The number of nitrogens with one attached hydrogen (secondary N) is 1. The first-order valence-electron chi connectivity index (χ1n) is 4.77. The predicted octanol–water partition coefficient (Wildman–Crippen LogP) is 2.41. The Morgan fingerprint density at radius 3 is 2.62 bits per heavy atom. The summed E-state index contributed by atoms with van der Waals surface area (Å²) >= 11 is 5.63. The Labute approximate surface area is 99.7 Å². The fourth-order valence-electron chi connectivity index (χ4n) is 1.04. The van der Waals surface area contributed by atoms with E-state index in [-0.39, 0.29) is 17.5 Å². The Hall–Kier alpha value is -0.650. The topological polar surface area (TPSA) is 46.2 Å². The molecule has 90 valence electrons. The van der Waals surface area contributed by atoms with Crippen molar-refractivity contribution in [3.63, 3.8) is 0 Å². The molecule has 0 bridgehead atoms. The predicted molar refractivity (Wildman–Crippen MR) is 61.4 cm³/mol. The fraction of sp³-hybridized carbons (Fsp3) is 0.400. The van der Waals surface area contributed by atoms with Crippen LogP contribution in [0.5, 0.6) is 0 Å². The van der Waals surface area contributed by atoms with Crippen LogP contribution in [-0.4, -0.2) is 15.0 Å². The summed E-state index contributed by atoms with van der Waals surface area (Å²) in [7, 11) is -3.82. The molecule has 0 unspecified atom stereocenters. The van der Waals surface area contributed by atoms with Gasteiger partial charge in [-0.15, -0.1) is 0 Å². The minimum atomic E-state index is -3.82. The van der Waals surface area contributed by atoms with E-state index in [0.717, 1.165) is 12.1 Å². The van der Waals surface area contributed by atoms with E-state index in [1.807, 2.05) is 13.8 Å². The smallest absolute Gasteiger partial charge is 0.211 e. The number of hydrogen-bond donors (Lipinski definition) is 1. The number of halogens is 2. The number of sulfonamides is 1.